The summed E-state index contributed by atoms with van der Waals surface area (Å²) in [5, 5.41) is 12.9. The number of carboxylic acids is 1. The zero-order chi connectivity index (χ0) is 21.8. The predicted octanol–water partition coefficient (Wildman–Crippen LogP) is 2.55. The van der Waals surface area contributed by atoms with Crippen LogP contribution in [-0.4, -0.2) is 54.7 Å². The smallest absolute Gasteiger partial charge is 0.335 e. The lowest BCUT2D eigenvalue weighted by atomic mass is 10.1. The van der Waals surface area contributed by atoms with Crippen molar-refractivity contribution >= 4 is 45.5 Å². The molecule has 5 rings (SSSR count). The lowest BCUT2D eigenvalue weighted by Crippen LogP contribution is -2.35. The van der Waals surface area contributed by atoms with Crippen molar-refractivity contribution in [2.75, 3.05) is 5.32 Å². The largest absolute Gasteiger partial charge is 0.479 e. The summed E-state index contributed by atoms with van der Waals surface area (Å²) >= 11 is 2.27. The monoisotopic (exact) mass is 537 g/mol. The van der Waals surface area contributed by atoms with Gasteiger partial charge in [0.25, 0.3) is 0 Å². The van der Waals surface area contributed by atoms with Crippen molar-refractivity contribution in [1.82, 2.24) is 19.5 Å². The van der Waals surface area contributed by atoms with Crippen molar-refractivity contribution in [3.63, 3.8) is 0 Å². The summed E-state index contributed by atoms with van der Waals surface area (Å²) in [7, 11) is 0. The topological polar surface area (TPSA) is 121 Å². The Hall–Kier alpha value is -2.35. The highest BCUT2D eigenvalue weighted by atomic mass is 127. The van der Waals surface area contributed by atoms with Gasteiger partial charge in [0.2, 0.25) is 0 Å². The molecule has 2 saturated heterocycles. The normalized spacial score (nSPS) is 26.8. The zero-order valence-corrected chi connectivity index (χ0v) is 18.9. The third-order valence-corrected chi connectivity index (χ3v) is 5.93. The van der Waals surface area contributed by atoms with Gasteiger partial charge in [0.15, 0.2) is 35.1 Å². The van der Waals surface area contributed by atoms with Gasteiger partial charge < -0.3 is 24.6 Å². The van der Waals surface area contributed by atoms with E-state index in [0.717, 1.165) is 9.13 Å². The summed E-state index contributed by atoms with van der Waals surface area (Å²) in [6.07, 6.45) is -0.211. The molecule has 4 atom stereocenters. The van der Waals surface area contributed by atoms with E-state index in [9.17, 15) is 9.90 Å². The number of hydrogen-bond acceptors (Lipinski definition) is 8. The second-order valence-corrected chi connectivity index (χ2v) is 9.13. The number of fused-ring (bicyclic) bond motifs is 2. The van der Waals surface area contributed by atoms with Crippen LogP contribution in [0.15, 0.2) is 36.9 Å². The Bertz CT molecular complexity index is 1150. The number of aliphatic carboxylic acids is 1. The number of imidazole rings is 1. The van der Waals surface area contributed by atoms with E-state index in [-0.39, 0.29) is 0 Å². The maximum absolute atomic E-state index is 11.7. The SMILES string of the molecule is CC1(C)O[C@@H]2[C@H](O1)[C@@H](C(=O)O)O[C@H]2n1cnc2c(NCc3cccc(I)c3)ncnc21. The Balaban J connectivity index is 1.45. The molecule has 0 bridgehead atoms. The molecule has 31 heavy (non-hydrogen) atoms. The number of halogens is 1. The summed E-state index contributed by atoms with van der Waals surface area (Å²) in [5.41, 5.74) is 2.19. The minimum absolute atomic E-state index is 0.517. The lowest BCUT2D eigenvalue weighted by molar-refractivity contribution is -0.202. The second-order valence-electron chi connectivity index (χ2n) is 7.88. The molecule has 3 aromatic rings. The molecule has 0 amide bonds. The molecule has 0 saturated carbocycles. The Morgan fingerprint density at radius 3 is 2.84 bits per heavy atom. The van der Waals surface area contributed by atoms with Gasteiger partial charge >= 0.3 is 5.97 Å². The van der Waals surface area contributed by atoms with E-state index in [2.05, 4.69) is 48.9 Å². The number of benzene rings is 1. The van der Waals surface area contributed by atoms with Crippen LogP contribution >= 0.6 is 22.6 Å². The molecule has 0 unspecified atom stereocenters. The summed E-state index contributed by atoms with van der Waals surface area (Å²) < 4.78 is 20.4. The first-order valence-corrected chi connectivity index (χ1v) is 10.8. The molecule has 0 aliphatic carbocycles. The number of anilines is 1. The average molecular weight is 537 g/mol. The van der Waals surface area contributed by atoms with Crippen LogP contribution in [0.5, 0.6) is 0 Å². The molecule has 2 aliphatic rings. The predicted molar refractivity (Wildman–Crippen MR) is 117 cm³/mol. The summed E-state index contributed by atoms with van der Waals surface area (Å²) in [4.78, 5) is 24.9. The first kappa shape index (κ1) is 20.5. The van der Waals surface area contributed by atoms with E-state index in [1.807, 2.05) is 18.2 Å². The molecule has 1 aromatic carbocycles. The van der Waals surface area contributed by atoms with Gasteiger partial charge in [-0.3, -0.25) is 4.57 Å². The fourth-order valence-corrected chi connectivity index (χ4v) is 4.61. The van der Waals surface area contributed by atoms with E-state index < -0.39 is 36.3 Å². The fourth-order valence-electron chi connectivity index (χ4n) is 4.00. The quantitative estimate of drug-likeness (QED) is 0.473. The number of ether oxygens (including phenoxy) is 3. The van der Waals surface area contributed by atoms with Crippen LogP contribution in [-0.2, 0) is 25.5 Å². The highest BCUT2D eigenvalue weighted by Gasteiger charge is 2.58. The van der Waals surface area contributed by atoms with Crippen molar-refractivity contribution in [2.45, 2.75) is 50.7 Å². The van der Waals surface area contributed by atoms with Gasteiger partial charge in [-0.15, -0.1) is 0 Å². The number of carbonyl (C=O) groups is 1. The van der Waals surface area contributed by atoms with Gasteiger partial charge in [0.05, 0.1) is 6.33 Å². The maximum Gasteiger partial charge on any atom is 0.335 e. The zero-order valence-electron chi connectivity index (χ0n) is 16.7. The van der Waals surface area contributed by atoms with Crippen LogP contribution in [0.1, 0.15) is 25.6 Å². The molecule has 10 nitrogen and oxygen atoms in total. The van der Waals surface area contributed by atoms with Gasteiger partial charge in [-0.05, 0) is 54.1 Å². The third kappa shape index (κ3) is 3.75. The highest BCUT2D eigenvalue weighted by Crippen LogP contribution is 2.43. The molecule has 2 aliphatic heterocycles. The highest BCUT2D eigenvalue weighted by molar-refractivity contribution is 14.1. The van der Waals surface area contributed by atoms with Gasteiger partial charge in [-0.25, -0.2) is 19.7 Å². The van der Waals surface area contributed by atoms with Crippen LogP contribution in [0.3, 0.4) is 0 Å². The Labute approximate surface area is 191 Å². The number of hydrogen-bond donors (Lipinski definition) is 2. The van der Waals surface area contributed by atoms with Crippen molar-refractivity contribution in [3.05, 3.63) is 46.1 Å². The Morgan fingerprint density at radius 2 is 2.06 bits per heavy atom. The van der Waals surface area contributed by atoms with E-state index in [0.29, 0.717) is 23.5 Å². The number of rotatable bonds is 5. The van der Waals surface area contributed by atoms with Crippen LogP contribution in [0.25, 0.3) is 11.2 Å². The van der Waals surface area contributed by atoms with Gasteiger partial charge in [0, 0.05) is 10.1 Å². The summed E-state index contributed by atoms with van der Waals surface area (Å²) in [6, 6.07) is 8.15. The van der Waals surface area contributed by atoms with Crippen LogP contribution in [0.2, 0.25) is 0 Å². The first-order chi connectivity index (χ1) is 14.8. The molecule has 2 N–H and O–H groups in total. The number of carboxylic acid groups (broad SMARTS) is 1. The molecule has 0 spiro atoms. The average Bonchev–Trinajstić information content (AvgIpc) is 3.37. The third-order valence-electron chi connectivity index (χ3n) is 5.25. The van der Waals surface area contributed by atoms with Crippen LogP contribution < -0.4 is 5.32 Å². The van der Waals surface area contributed by atoms with E-state index in [1.54, 1.807) is 24.7 Å². The lowest BCUT2D eigenvalue weighted by Gasteiger charge is -2.23. The van der Waals surface area contributed by atoms with Gasteiger partial charge in [-0.1, -0.05) is 12.1 Å². The first-order valence-electron chi connectivity index (χ1n) is 9.72. The Morgan fingerprint density at radius 1 is 1.26 bits per heavy atom. The van der Waals surface area contributed by atoms with Crippen molar-refractivity contribution in [2.24, 2.45) is 0 Å². The standard InChI is InChI=1S/C20H20IN5O5/c1-20(2)30-13-14(31-20)18(29-15(13)19(27)28)26-9-25-12-16(23-8-24-17(12)26)22-7-10-4-3-5-11(21)6-10/h3-6,8-9,13-15,18H,7H2,1-2H3,(H,27,28)(H,22,23,24)/t13-,14+,15-,18+/m0/s1. The molecular formula is C20H20IN5O5. The molecule has 0 radical (unpaired) electrons. The van der Waals surface area contributed by atoms with Gasteiger partial charge in [-0.2, -0.15) is 0 Å². The van der Waals surface area contributed by atoms with E-state index >= 15 is 0 Å². The molecule has 162 valence electrons. The molecule has 2 fully saturated rings. The Kier molecular flexibility index (Phi) is 5.07. The van der Waals surface area contributed by atoms with Gasteiger partial charge in [0.1, 0.15) is 18.5 Å². The number of nitrogens with zero attached hydrogens (tertiary/aromatic N) is 4. The second kappa shape index (κ2) is 7.65. The van der Waals surface area contributed by atoms with Crippen LogP contribution in [0, 0.1) is 3.57 Å². The molecule has 4 heterocycles. The van der Waals surface area contributed by atoms with Crippen molar-refractivity contribution < 1.29 is 24.1 Å². The number of nitrogens with one attached hydrogen (secondary N) is 1. The summed E-state index contributed by atoms with van der Waals surface area (Å²) in [5.74, 6) is -1.43. The minimum atomic E-state index is -1.14. The number of aromatic nitrogens is 4. The maximum atomic E-state index is 11.7. The minimum Gasteiger partial charge on any atom is -0.479 e. The van der Waals surface area contributed by atoms with E-state index in [4.69, 9.17) is 14.2 Å². The van der Waals surface area contributed by atoms with Crippen molar-refractivity contribution in [1.29, 1.82) is 0 Å². The molecule has 11 heteroatoms. The van der Waals surface area contributed by atoms with Crippen LogP contribution in [0.4, 0.5) is 5.82 Å². The summed E-state index contributed by atoms with van der Waals surface area (Å²) in [6.45, 7) is 4.08. The fraction of sp³-hybridized carbons (Fsp3) is 0.400. The molecule has 2 aromatic heterocycles. The van der Waals surface area contributed by atoms with Crippen molar-refractivity contribution in [3.8, 4) is 0 Å². The van der Waals surface area contributed by atoms with E-state index in [1.165, 1.54) is 6.33 Å². The molecular weight excluding hydrogens is 517 g/mol.